The minimum Gasteiger partial charge on any atom is -0.466 e. The van der Waals surface area contributed by atoms with Gasteiger partial charge in [-0.25, -0.2) is 14.4 Å². The number of nitrogens with one attached hydrogen (secondary N) is 1. The van der Waals surface area contributed by atoms with Crippen molar-refractivity contribution in [3.63, 3.8) is 0 Å². The summed E-state index contributed by atoms with van der Waals surface area (Å²) < 4.78 is 19.9. The van der Waals surface area contributed by atoms with Crippen molar-refractivity contribution in [2.24, 2.45) is 7.05 Å². The third-order valence-corrected chi connectivity index (χ3v) is 8.00. The number of pyridine rings is 1. The molecular weight excluding hydrogens is 559 g/mol. The Labute approximate surface area is 229 Å². The van der Waals surface area contributed by atoms with Crippen LogP contribution in [-0.4, -0.2) is 43.2 Å². The highest BCUT2D eigenvalue weighted by atomic mass is 35.5. The normalized spacial score (nSPS) is 10.9. The zero-order chi connectivity index (χ0) is 26.4. The molecule has 14 heteroatoms. The van der Waals surface area contributed by atoms with Gasteiger partial charge in [0.1, 0.15) is 28.1 Å². The standard InChI is InChI=1S/C23H20ClFN6O3S3/c1-3-34-18(32)10-15-20(24)37-22(27-15)29-21(33)19-16(35-14-6-4-13(11-25)5-7-14)8-9-17(28-19)36-23-30-26-12-31(23)2/h4-9,12H,3,10-11H2,1-2H3,(H,27,29,33). The molecule has 1 aromatic carbocycles. The number of thiazole rings is 1. The number of amides is 1. The number of aryl methyl sites for hydroxylation is 1. The van der Waals surface area contributed by atoms with Gasteiger partial charge in [-0.1, -0.05) is 46.8 Å². The van der Waals surface area contributed by atoms with E-state index in [-0.39, 0.29) is 28.2 Å². The molecule has 0 bridgehead atoms. The monoisotopic (exact) mass is 578 g/mol. The maximum atomic E-state index is 13.3. The van der Waals surface area contributed by atoms with Gasteiger partial charge < -0.3 is 9.30 Å². The summed E-state index contributed by atoms with van der Waals surface area (Å²) in [7, 11) is 1.81. The van der Waals surface area contributed by atoms with Gasteiger partial charge >= 0.3 is 5.97 Å². The predicted molar refractivity (Wildman–Crippen MR) is 140 cm³/mol. The van der Waals surface area contributed by atoms with E-state index < -0.39 is 18.6 Å². The van der Waals surface area contributed by atoms with Crippen LogP contribution in [0.15, 0.2) is 62.7 Å². The first-order chi connectivity index (χ1) is 17.9. The van der Waals surface area contributed by atoms with E-state index in [2.05, 4.69) is 25.5 Å². The molecule has 37 heavy (non-hydrogen) atoms. The number of hydrogen-bond donors (Lipinski definition) is 1. The van der Waals surface area contributed by atoms with E-state index in [4.69, 9.17) is 16.3 Å². The van der Waals surface area contributed by atoms with Gasteiger partial charge in [-0.15, -0.1) is 10.2 Å². The van der Waals surface area contributed by atoms with Gasteiger partial charge in [-0.3, -0.25) is 14.9 Å². The first-order valence-corrected chi connectivity index (χ1v) is 13.7. The van der Waals surface area contributed by atoms with Crippen LogP contribution in [-0.2, 0) is 29.7 Å². The third kappa shape index (κ3) is 7.06. The fraction of sp³-hybridized carbons (Fsp3) is 0.217. The molecule has 4 rings (SSSR count). The SMILES string of the molecule is CCOC(=O)Cc1nc(NC(=O)c2nc(Sc3nncn3C)ccc2Sc2ccc(CF)cc2)sc1Cl. The van der Waals surface area contributed by atoms with Crippen LogP contribution in [0.2, 0.25) is 4.34 Å². The Morgan fingerprint density at radius 2 is 1.95 bits per heavy atom. The average Bonchev–Trinajstić information content (AvgIpc) is 3.44. The van der Waals surface area contributed by atoms with E-state index in [0.717, 1.165) is 16.2 Å². The van der Waals surface area contributed by atoms with Crippen molar-refractivity contribution in [1.82, 2.24) is 24.7 Å². The van der Waals surface area contributed by atoms with E-state index in [1.54, 1.807) is 61.3 Å². The first-order valence-electron chi connectivity index (χ1n) is 10.8. The van der Waals surface area contributed by atoms with Gasteiger partial charge in [0.2, 0.25) is 0 Å². The second-order valence-electron chi connectivity index (χ2n) is 7.38. The van der Waals surface area contributed by atoms with Gasteiger partial charge in [-0.2, -0.15) is 0 Å². The zero-order valence-corrected chi connectivity index (χ0v) is 22.8. The summed E-state index contributed by atoms with van der Waals surface area (Å²) in [6, 6.07) is 10.5. The number of aromatic nitrogens is 5. The van der Waals surface area contributed by atoms with Crippen LogP contribution in [0.5, 0.6) is 0 Å². The molecule has 1 amide bonds. The molecule has 0 radical (unpaired) electrons. The second kappa shape index (κ2) is 12.5. The molecule has 0 atom stereocenters. The molecule has 0 aliphatic heterocycles. The van der Waals surface area contributed by atoms with Crippen molar-refractivity contribution in [3.8, 4) is 0 Å². The molecule has 0 fully saturated rings. The van der Waals surface area contributed by atoms with Gasteiger partial charge in [0.05, 0.1) is 18.7 Å². The Morgan fingerprint density at radius 3 is 2.62 bits per heavy atom. The number of carbonyl (C=O) groups is 2. The maximum absolute atomic E-state index is 13.3. The Bertz CT molecular complexity index is 1410. The summed E-state index contributed by atoms with van der Waals surface area (Å²) in [6.45, 7) is 1.40. The van der Waals surface area contributed by atoms with Gasteiger partial charge in [-0.05, 0) is 48.5 Å². The highest BCUT2D eigenvalue weighted by Gasteiger charge is 2.20. The lowest BCUT2D eigenvalue weighted by Crippen LogP contribution is -2.15. The summed E-state index contributed by atoms with van der Waals surface area (Å²) in [5.41, 5.74) is 1.04. The maximum Gasteiger partial charge on any atom is 0.311 e. The fourth-order valence-corrected chi connectivity index (χ4v) is 5.63. The van der Waals surface area contributed by atoms with Crippen molar-refractivity contribution >= 4 is 63.5 Å². The number of hydrogen-bond acceptors (Lipinski definition) is 10. The molecule has 1 N–H and O–H groups in total. The highest BCUT2D eigenvalue weighted by molar-refractivity contribution is 7.99. The van der Waals surface area contributed by atoms with Crippen molar-refractivity contribution in [3.05, 3.63) is 64.0 Å². The molecule has 0 unspecified atom stereocenters. The van der Waals surface area contributed by atoms with Gasteiger partial charge in [0, 0.05) is 16.8 Å². The largest absolute Gasteiger partial charge is 0.466 e. The molecule has 9 nitrogen and oxygen atoms in total. The quantitative estimate of drug-likeness (QED) is 0.245. The number of rotatable bonds is 10. The second-order valence-corrected chi connectivity index (χ2v) is 11.1. The minimum atomic E-state index is -0.553. The summed E-state index contributed by atoms with van der Waals surface area (Å²) in [5.74, 6) is -0.961. The Kier molecular flexibility index (Phi) is 9.14. The molecule has 0 aliphatic carbocycles. The zero-order valence-electron chi connectivity index (χ0n) is 19.6. The molecular formula is C23H20ClFN6O3S3. The van der Waals surface area contributed by atoms with E-state index in [9.17, 15) is 14.0 Å². The number of ether oxygens (including phenoxy) is 1. The third-order valence-electron chi connectivity index (χ3n) is 4.71. The number of anilines is 1. The highest BCUT2D eigenvalue weighted by Crippen LogP contribution is 2.34. The van der Waals surface area contributed by atoms with Crippen molar-refractivity contribution in [2.45, 2.75) is 40.0 Å². The van der Waals surface area contributed by atoms with E-state index in [1.165, 1.54) is 23.5 Å². The van der Waals surface area contributed by atoms with Crippen molar-refractivity contribution in [2.75, 3.05) is 11.9 Å². The molecule has 3 heterocycles. The van der Waals surface area contributed by atoms with Crippen LogP contribution in [0, 0.1) is 0 Å². The number of nitrogens with zero attached hydrogens (tertiary/aromatic N) is 5. The molecule has 0 spiro atoms. The van der Waals surface area contributed by atoms with Crippen molar-refractivity contribution < 1.29 is 18.7 Å². The Hall–Kier alpha value is -3.00. The molecule has 192 valence electrons. The lowest BCUT2D eigenvalue weighted by Gasteiger charge is -2.10. The summed E-state index contributed by atoms with van der Waals surface area (Å²) in [5, 5.41) is 12.0. The Balaban J connectivity index is 1.60. The number of carbonyl (C=O) groups excluding carboxylic acids is 2. The number of esters is 1. The van der Waals surface area contributed by atoms with Crippen LogP contribution in [0.25, 0.3) is 0 Å². The summed E-state index contributed by atoms with van der Waals surface area (Å²) in [6.07, 6.45) is 1.47. The molecule has 0 saturated heterocycles. The van der Waals surface area contributed by atoms with E-state index in [0.29, 0.717) is 26.3 Å². The fourth-order valence-electron chi connectivity index (χ4n) is 2.96. The van der Waals surface area contributed by atoms with Crippen LogP contribution in [0.3, 0.4) is 0 Å². The van der Waals surface area contributed by atoms with Gasteiger partial charge in [0.15, 0.2) is 10.3 Å². The van der Waals surface area contributed by atoms with Crippen LogP contribution >= 0.6 is 46.5 Å². The predicted octanol–water partition coefficient (Wildman–Crippen LogP) is 5.45. The molecule has 0 saturated carbocycles. The van der Waals surface area contributed by atoms with Crippen LogP contribution in [0.4, 0.5) is 9.52 Å². The summed E-state index contributed by atoms with van der Waals surface area (Å²) >= 11 is 9.85. The first kappa shape index (κ1) is 27.0. The number of alkyl halides is 1. The van der Waals surface area contributed by atoms with E-state index >= 15 is 0 Å². The summed E-state index contributed by atoms with van der Waals surface area (Å²) in [4.78, 5) is 35.4. The molecule has 0 aliphatic rings. The van der Waals surface area contributed by atoms with Crippen LogP contribution < -0.4 is 5.32 Å². The lowest BCUT2D eigenvalue weighted by molar-refractivity contribution is -0.142. The minimum absolute atomic E-state index is 0.100. The number of benzene rings is 1. The van der Waals surface area contributed by atoms with Crippen LogP contribution in [0.1, 0.15) is 28.7 Å². The molecule has 3 aromatic heterocycles. The average molecular weight is 579 g/mol. The topological polar surface area (TPSA) is 112 Å². The Morgan fingerprint density at radius 1 is 1.16 bits per heavy atom. The lowest BCUT2D eigenvalue weighted by atomic mass is 10.2. The van der Waals surface area contributed by atoms with E-state index in [1.807, 2.05) is 0 Å². The van der Waals surface area contributed by atoms with Crippen molar-refractivity contribution in [1.29, 1.82) is 0 Å². The molecule has 4 aromatic rings. The van der Waals surface area contributed by atoms with Gasteiger partial charge in [0.25, 0.3) is 5.91 Å². The smallest absolute Gasteiger partial charge is 0.311 e. The number of halogens is 2.